The van der Waals surface area contributed by atoms with Crippen molar-refractivity contribution in [1.29, 1.82) is 0 Å². The number of hydrogen-bond acceptors (Lipinski definition) is 2. The van der Waals surface area contributed by atoms with Crippen molar-refractivity contribution in [3.05, 3.63) is 22.6 Å². The molecule has 0 amide bonds. The van der Waals surface area contributed by atoms with Gasteiger partial charge >= 0.3 is 6.61 Å². The number of hydrogen-bond donors (Lipinski definition) is 0. The summed E-state index contributed by atoms with van der Waals surface area (Å²) in [5.41, 5.74) is 0. The van der Waals surface area contributed by atoms with Crippen LogP contribution in [0.5, 0.6) is 5.88 Å². The molecule has 0 N–H and O–H groups in total. The van der Waals surface area contributed by atoms with Gasteiger partial charge < -0.3 is 4.74 Å². The summed E-state index contributed by atoms with van der Waals surface area (Å²) < 4.78 is 39.4. The zero-order valence-electron chi connectivity index (χ0n) is 5.52. The first-order valence-corrected chi connectivity index (χ1v) is 3.57. The highest BCUT2D eigenvalue weighted by molar-refractivity contribution is 9.10. The van der Waals surface area contributed by atoms with Crippen LogP contribution < -0.4 is 4.74 Å². The Hall–Kier alpha value is -0.780. The van der Waals surface area contributed by atoms with E-state index < -0.39 is 12.4 Å². The molecule has 1 rings (SSSR count). The summed E-state index contributed by atoms with van der Waals surface area (Å²) in [6, 6.07) is 2.07. The second kappa shape index (κ2) is 3.75. The van der Waals surface area contributed by atoms with Gasteiger partial charge in [-0.25, -0.2) is 9.37 Å². The molecule has 1 radical (unpaired) electrons. The highest BCUT2D eigenvalue weighted by Gasteiger charge is 2.10. The van der Waals surface area contributed by atoms with Crippen molar-refractivity contribution >= 4 is 15.9 Å². The predicted octanol–water partition coefficient (Wildman–Crippen LogP) is 2.38. The van der Waals surface area contributed by atoms with Gasteiger partial charge in [-0.3, -0.25) is 0 Å². The van der Waals surface area contributed by atoms with Crippen LogP contribution >= 0.6 is 15.9 Å². The van der Waals surface area contributed by atoms with Crippen LogP contribution in [-0.2, 0) is 0 Å². The predicted molar refractivity (Wildman–Crippen MR) is 37.4 cm³/mol. The van der Waals surface area contributed by atoms with Crippen molar-refractivity contribution in [2.24, 2.45) is 0 Å². The molecule has 0 fully saturated rings. The van der Waals surface area contributed by atoms with Gasteiger partial charge in [-0.15, -0.1) is 0 Å². The van der Waals surface area contributed by atoms with Crippen LogP contribution in [0.2, 0.25) is 0 Å². The van der Waals surface area contributed by atoms with Crippen molar-refractivity contribution in [3.63, 3.8) is 0 Å². The van der Waals surface area contributed by atoms with E-state index in [4.69, 9.17) is 0 Å². The van der Waals surface area contributed by atoms with Gasteiger partial charge in [0, 0.05) is 6.07 Å². The number of aromatic nitrogens is 1. The van der Waals surface area contributed by atoms with Gasteiger partial charge in [0.05, 0.1) is 10.7 Å². The third-order valence-corrected chi connectivity index (χ3v) is 1.45. The topological polar surface area (TPSA) is 22.1 Å². The standard InChI is InChI=1S/C6H2BrF3NO/c7-4-1-3(8)2-11-5(4)12-6(9)10/h2,6H. The van der Waals surface area contributed by atoms with E-state index >= 15 is 0 Å². The summed E-state index contributed by atoms with van der Waals surface area (Å²) in [5, 5.41) is 0. The molecule has 0 saturated carbocycles. The van der Waals surface area contributed by atoms with E-state index in [9.17, 15) is 13.2 Å². The molecule has 0 aromatic carbocycles. The first-order valence-electron chi connectivity index (χ1n) is 2.77. The third-order valence-electron chi connectivity index (χ3n) is 0.913. The van der Waals surface area contributed by atoms with E-state index in [0.29, 0.717) is 0 Å². The number of pyridine rings is 1. The van der Waals surface area contributed by atoms with E-state index in [1.165, 1.54) is 0 Å². The molecular weight excluding hydrogens is 239 g/mol. The molecule has 0 aliphatic carbocycles. The molecule has 0 atom stereocenters. The summed E-state index contributed by atoms with van der Waals surface area (Å²) >= 11 is 2.76. The SMILES string of the molecule is Fc1[c]c(Br)c(OC(F)F)nc1. The molecule has 2 nitrogen and oxygen atoms in total. The second-order valence-electron chi connectivity index (χ2n) is 1.73. The Kier molecular flexibility index (Phi) is 2.91. The van der Waals surface area contributed by atoms with Gasteiger partial charge in [0.15, 0.2) is 5.82 Å². The fourth-order valence-corrected chi connectivity index (χ4v) is 0.914. The van der Waals surface area contributed by atoms with Gasteiger partial charge in [0.2, 0.25) is 5.88 Å². The van der Waals surface area contributed by atoms with Gasteiger partial charge in [0.25, 0.3) is 0 Å². The maximum absolute atomic E-state index is 12.3. The zero-order chi connectivity index (χ0) is 9.14. The minimum Gasteiger partial charge on any atom is -0.416 e. The highest BCUT2D eigenvalue weighted by Crippen LogP contribution is 2.23. The quantitative estimate of drug-likeness (QED) is 0.792. The molecule has 0 aliphatic heterocycles. The Balaban J connectivity index is 2.86. The zero-order valence-corrected chi connectivity index (χ0v) is 7.11. The van der Waals surface area contributed by atoms with E-state index in [2.05, 4.69) is 31.7 Å². The van der Waals surface area contributed by atoms with Gasteiger partial charge in [-0.2, -0.15) is 8.78 Å². The lowest BCUT2D eigenvalue weighted by Gasteiger charge is -2.03. The molecule has 65 valence electrons. The fraction of sp³-hybridized carbons (Fsp3) is 0.167. The summed E-state index contributed by atoms with van der Waals surface area (Å²) in [5.74, 6) is -1.13. The van der Waals surface area contributed by atoms with Crippen molar-refractivity contribution in [1.82, 2.24) is 4.98 Å². The molecule has 0 aliphatic rings. The summed E-state index contributed by atoms with van der Waals surface area (Å²) in [7, 11) is 0. The van der Waals surface area contributed by atoms with Crippen molar-refractivity contribution in [2.75, 3.05) is 0 Å². The van der Waals surface area contributed by atoms with Crippen molar-refractivity contribution < 1.29 is 17.9 Å². The number of ether oxygens (including phenoxy) is 1. The van der Waals surface area contributed by atoms with Gasteiger partial charge in [-0.1, -0.05) is 0 Å². The summed E-state index contributed by atoms with van der Waals surface area (Å²) in [6.45, 7) is -2.98. The first-order chi connectivity index (χ1) is 5.59. The normalized spacial score (nSPS) is 10.4. The van der Waals surface area contributed by atoms with E-state index in [1.54, 1.807) is 0 Å². The van der Waals surface area contributed by atoms with E-state index in [-0.39, 0.29) is 10.4 Å². The number of nitrogens with zero attached hydrogens (tertiary/aromatic N) is 1. The molecule has 0 unspecified atom stereocenters. The maximum atomic E-state index is 12.3. The van der Waals surface area contributed by atoms with Gasteiger partial charge in [0.1, 0.15) is 0 Å². The Morgan fingerprint density at radius 2 is 2.25 bits per heavy atom. The lowest BCUT2D eigenvalue weighted by molar-refractivity contribution is -0.0535. The van der Waals surface area contributed by atoms with Crippen LogP contribution in [0.25, 0.3) is 0 Å². The monoisotopic (exact) mass is 240 g/mol. The Bertz CT molecular complexity index is 281. The Morgan fingerprint density at radius 1 is 1.58 bits per heavy atom. The van der Waals surface area contributed by atoms with Crippen LogP contribution in [-0.4, -0.2) is 11.6 Å². The van der Waals surface area contributed by atoms with E-state index in [1.807, 2.05) is 0 Å². The Morgan fingerprint density at radius 3 is 2.75 bits per heavy atom. The lowest BCUT2D eigenvalue weighted by atomic mass is 10.5. The number of rotatable bonds is 2. The van der Waals surface area contributed by atoms with Gasteiger partial charge in [-0.05, 0) is 15.9 Å². The minimum atomic E-state index is -2.98. The number of alkyl halides is 2. The van der Waals surface area contributed by atoms with Crippen LogP contribution in [0.4, 0.5) is 13.2 Å². The van der Waals surface area contributed by atoms with Crippen LogP contribution in [0, 0.1) is 11.9 Å². The maximum Gasteiger partial charge on any atom is 0.388 e. The molecular formula is C6H2BrF3NO. The van der Waals surface area contributed by atoms with Crippen molar-refractivity contribution in [3.8, 4) is 5.88 Å². The Labute approximate surface area is 74.5 Å². The van der Waals surface area contributed by atoms with E-state index in [0.717, 1.165) is 6.20 Å². The summed E-state index contributed by atoms with van der Waals surface area (Å²) in [6.07, 6.45) is 0.739. The minimum absolute atomic E-state index is 0.0669. The molecule has 6 heteroatoms. The average Bonchev–Trinajstić information content (AvgIpc) is 1.94. The second-order valence-corrected chi connectivity index (χ2v) is 2.52. The average molecular weight is 241 g/mol. The molecule has 12 heavy (non-hydrogen) atoms. The highest BCUT2D eigenvalue weighted by atomic mass is 79.9. The first kappa shape index (κ1) is 9.31. The molecule has 0 spiro atoms. The fourth-order valence-electron chi connectivity index (χ4n) is 0.529. The molecule has 1 aromatic heterocycles. The van der Waals surface area contributed by atoms with Crippen LogP contribution in [0.1, 0.15) is 0 Å². The largest absolute Gasteiger partial charge is 0.416 e. The summed E-state index contributed by atoms with van der Waals surface area (Å²) in [4.78, 5) is 3.26. The van der Waals surface area contributed by atoms with Crippen LogP contribution in [0.3, 0.4) is 0 Å². The number of halogens is 4. The third kappa shape index (κ3) is 2.37. The van der Waals surface area contributed by atoms with Crippen LogP contribution in [0.15, 0.2) is 10.7 Å². The lowest BCUT2D eigenvalue weighted by Crippen LogP contribution is -2.04. The van der Waals surface area contributed by atoms with Crippen molar-refractivity contribution in [2.45, 2.75) is 6.61 Å². The molecule has 1 aromatic rings. The smallest absolute Gasteiger partial charge is 0.388 e. The molecule has 0 saturated heterocycles. The molecule has 1 heterocycles. The molecule has 0 bridgehead atoms.